The molecule has 74 valence electrons. The Kier molecular flexibility index (Phi) is 5.70. The van der Waals surface area contributed by atoms with Gasteiger partial charge in [-0.05, 0) is 12.0 Å². The van der Waals surface area contributed by atoms with E-state index in [0.29, 0.717) is 11.1 Å². The van der Waals surface area contributed by atoms with Crippen LogP contribution in [0.2, 0.25) is 18.1 Å². The van der Waals surface area contributed by atoms with E-state index in [2.05, 4.69) is 49.8 Å². The van der Waals surface area contributed by atoms with Gasteiger partial charge in [-0.2, -0.15) is 0 Å². The van der Waals surface area contributed by atoms with E-state index in [1.165, 1.54) is 0 Å². The van der Waals surface area contributed by atoms with E-state index in [0.717, 1.165) is 11.9 Å². The summed E-state index contributed by atoms with van der Waals surface area (Å²) in [6, 6.07) is 0. The molecule has 0 aromatic heterocycles. The number of hydrogen-bond acceptors (Lipinski definition) is 1. The van der Waals surface area contributed by atoms with Gasteiger partial charge in [0.2, 0.25) is 0 Å². The van der Waals surface area contributed by atoms with E-state index in [-0.39, 0.29) is 0 Å². The van der Waals surface area contributed by atoms with Crippen LogP contribution in [0.5, 0.6) is 0 Å². The van der Waals surface area contributed by atoms with E-state index in [4.69, 9.17) is 4.74 Å². The minimum absolute atomic E-state index is 0.344. The highest BCUT2D eigenvalue weighted by Gasteiger charge is 2.24. The molecule has 0 fully saturated rings. The topological polar surface area (TPSA) is 9.23 Å². The van der Waals surface area contributed by atoms with Crippen LogP contribution in [0.3, 0.4) is 0 Å². The van der Waals surface area contributed by atoms with E-state index in [1.54, 1.807) is 0 Å². The molecule has 1 atom stereocenters. The first-order valence-electron chi connectivity index (χ1n) is 4.57. The molecule has 0 saturated heterocycles. The van der Waals surface area contributed by atoms with Gasteiger partial charge in [0.15, 0.2) is 0 Å². The van der Waals surface area contributed by atoms with Gasteiger partial charge in [0.25, 0.3) is 0 Å². The maximum Gasteiger partial charge on any atom is 0.0643 e. The predicted octanol–water partition coefficient (Wildman–Crippen LogP) is 3.05. The first-order valence-corrected chi connectivity index (χ1v) is 8.58. The van der Waals surface area contributed by atoms with Crippen molar-refractivity contribution >= 4 is 24.7 Å². The van der Waals surface area contributed by atoms with Gasteiger partial charge in [0, 0.05) is 20.7 Å². The van der Waals surface area contributed by atoms with Crippen LogP contribution in [0.1, 0.15) is 20.8 Å². The summed E-state index contributed by atoms with van der Waals surface area (Å²) in [5.41, 5.74) is 0. The average Bonchev–Trinajstić information content (AvgIpc) is 2.00. The fourth-order valence-corrected chi connectivity index (χ4v) is 1.18. The van der Waals surface area contributed by atoms with Crippen molar-refractivity contribution < 1.29 is 4.74 Å². The lowest BCUT2D eigenvalue weighted by atomic mass is 10.2. The van der Waals surface area contributed by atoms with Gasteiger partial charge in [-0.25, -0.2) is 0 Å². The molecule has 0 unspecified atom stereocenters. The van der Waals surface area contributed by atoms with Crippen LogP contribution < -0.4 is 0 Å². The molecular weight excluding hydrogens is 232 g/mol. The number of halogens is 1. The molecular formula is C9H21BrOSi. The van der Waals surface area contributed by atoms with Crippen molar-refractivity contribution in [3.05, 3.63) is 0 Å². The maximum atomic E-state index is 5.71. The van der Waals surface area contributed by atoms with E-state index < -0.39 is 8.80 Å². The summed E-state index contributed by atoms with van der Waals surface area (Å²) < 4.78 is 5.71. The molecule has 0 amide bonds. The lowest BCUT2D eigenvalue weighted by Crippen LogP contribution is -2.28. The number of rotatable bonds is 5. The first-order chi connectivity index (χ1) is 5.40. The van der Waals surface area contributed by atoms with Gasteiger partial charge in [0.05, 0.1) is 6.10 Å². The fraction of sp³-hybridized carbons (Fsp3) is 1.00. The molecule has 3 heteroatoms. The average molecular weight is 253 g/mol. The van der Waals surface area contributed by atoms with Crippen molar-refractivity contribution in [3.8, 4) is 0 Å². The number of alkyl halides is 1. The lowest BCUT2D eigenvalue weighted by Gasteiger charge is -2.29. The summed E-state index contributed by atoms with van der Waals surface area (Å²) >= 11 is 3.41. The number of ether oxygens (including phenoxy) is 1. The van der Waals surface area contributed by atoms with Crippen LogP contribution >= 0.6 is 15.9 Å². The van der Waals surface area contributed by atoms with Gasteiger partial charge < -0.3 is 4.74 Å². The Bertz CT molecular complexity index is 126. The van der Waals surface area contributed by atoms with E-state index >= 15 is 0 Å². The SMILES string of the molecule is C[C@@H](CBr)OCC(C)(C)[SiH](C)C. The van der Waals surface area contributed by atoms with E-state index in [9.17, 15) is 0 Å². The van der Waals surface area contributed by atoms with Crippen molar-refractivity contribution in [2.75, 3.05) is 11.9 Å². The largest absolute Gasteiger partial charge is 0.377 e. The Morgan fingerprint density at radius 2 is 1.92 bits per heavy atom. The Morgan fingerprint density at radius 1 is 1.42 bits per heavy atom. The van der Waals surface area contributed by atoms with Crippen molar-refractivity contribution in [2.45, 2.75) is 45.0 Å². The zero-order valence-corrected chi connectivity index (χ0v) is 11.6. The van der Waals surface area contributed by atoms with Crippen LogP contribution in [0, 0.1) is 0 Å². The third kappa shape index (κ3) is 4.63. The summed E-state index contributed by atoms with van der Waals surface area (Å²) in [5, 5.41) is 1.36. The third-order valence-electron chi connectivity index (χ3n) is 2.52. The zero-order chi connectivity index (χ0) is 9.78. The molecule has 0 aromatic rings. The number of hydrogen-bond donors (Lipinski definition) is 0. The van der Waals surface area contributed by atoms with Crippen LogP contribution in [0.4, 0.5) is 0 Å². The minimum atomic E-state index is -0.590. The van der Waals surface area contributed by atoms with Crippen LogP contribution in [0.15, 0.2) is 0 Å². The Labute approximate surface area is 86.6 Å². The van der Waals surface area contributed by atoms with Gasteiger partial charge >= 0.3 is 0 Å². The van der Waals surface area contributed by atoms with Gasteiger partial charge in [-0.1, -0.05) is 42.9 Å². The second-order valence-corrected chi connectivity index (χ2v) is 8.94. The van der Waals surface area contributed by atoms with Crippen molar-refractivity contribution in [2.24, 2.45) is 0 Å². The van der Waals surface area contributed by atoms with E-state index in [1.807, 2.05) is 0 Å². The second-order valence-electron chi connectivity index (χ2n) is 4.42. The normalized spacial score (nSPS) is 15.2. The van der Waals surface area contributed by atoms with Crippen LogP contribution in [-0.2, 0) is 4.74 Å². The van der Waals surface area contributed by atoms with Crippen LogP contribution in [-0.4, -0.2) is 26.8 Å². The highest BCUT2D eigenvalue weighted by Crippen LogP contribution is 2.28. The molecule has 12 heavy (non-hydrogen) atoms. The Hall–Kier alpha value is 0.657. The molecule has 0 aliphatic carbocycles. The second kappa shape index (κ2) is 5.40. The highest BCUT2D eigenvalue weighted by molar-refractivity contribution is 9.09. The molecule has 0 heterocycles. The fourth-order valence-electron chi connectivity index (χ4n) is 0.568. The zero-order valence-electron chi connectivity index (χ0n) is 8.86. The Morgan fingerprint density at radius 3 is 2.25 bits per heavy atom. The summed E-state index contributed by atoms with van der Waals surface area (Å²) in [6.45, 7) is 12.4. The molecule has 0 aliphatic rings. The summed E-state index contributed by atoms with van der Waals surface area (Å²) in [7, 11) is -0.590. The highest BCUT2D eigenvalue weighted by atomic mass is 79.9. The molecule has 0 rings (SSSR count). The third-order valence-corrected chi connectivity index (χ3v) is 6.72. The summed E-state index contributed by atoms with van der Waals surface area (Å²) in [4.78, 5) is 0. The molecule has 1 nitrogen and oxygen atoms in total. The van der Waals surface area contributed by atoms with Crippen LogP contribution in [0.25, 0.3) is 0 Å². The summed E-state index contributed by atoms with van der Waals surface area (Å²) in [6.07, 6.45) is 0.344. The quantitative estimate of drug-likeness (QED) is 0.540. The molecule has 0 aliphatic heterocycles. The smallest absolute Gasteiger partial charge is 0.0643 e. The minimum Gasteiger partial charge on any atom is -0.377 e. The monoisotopic (exact) mass is 252 g/mol. The van der Waals surface area contributed by atoms with Gasteiger partial charge in [-0.3, -0.25) is 0 Å². The molecule has 0 spiro atoms. The first kappa shape index (κ1) is 12.7. The summed E-state index contributed by atoms with van der Waals surface area (Å²) in [5.74, 6) is 0. The maximum absolute atomic E-state index is 5.71. The molecule has 0 aromatic carbocycles. The molecule has 0 saturated carbocycles. The van der Waals surface area contributed by atoms with Gasteiger partial charge in [-0.15, -0.1) is 0 Å². The Balaban J connectivity index is 3.75. The predicted molar refractivity (Wildman–Crippen MR) is 62.1 cm³/mol. The molecule has 0 bridgehead atoms. The lowest BCUT2D eigenvalue weighted by molar-refractivity contribution is 0.0660. The standard InChI is InChI=1S/C9H21BrOSi/c1-8(6-10)11-7-9(2,3)12(4)5/h8,12H,6-7H2,1-5H3/t8-/m0/s1. The van der Waals surface area contributed by atoms with Gasteiger partial charge in [0.1, 0.15) is 0 Å². The van der Waals surface area contributed by atoms with Crippen molar-refractivity contribution in [1.29, 1.82) is 0 Å². The van der Waals surface area contributed by atoms with Crippen molar-refractivity contribution in [1.82, 2.24) is 0 Å². The molecule has 0 N–H and O–H groups in total. The molecule has 0 radical (unpaired) electrons. The van der Waals surface area contributed by atoms with Crippen molar-refractivity contribution in [3.63, 3.8) is 0 Å².